The zero-order valence-electron chi connectivity index (χ0n) is 18.6. The molecule has 0 radical (unpaired) electrons. The number of aliphatic hydroxyl groups excluding tert-OH is 1. The lowest BCUT2D eigenvalue weighted by Gasteiger charge is -2.23. The Hall–Kier alpha value is -2.46. The first kappa shape index (κ1) is 25.8. The Morgan fingerprint density at radius 2 is 1.75 bits per heavy atom. The Bertz CT molecular complexity index is 943. The quantitative estimate of drug-likeness (QED) is 0.345. The number of aryl methyl sites for hydroxylation is 1. The van der Waals surface area contributed by atoms with Gasteiger partial charge in [-0.25, -0.2) is 17.9 Å². The molecular weight excluding hydrogens is 434 g/mol. The van der Waals surface area contributed by atoms with E-state index in [1.165, 1.54) is 12.1 Å². The SMILES string of the molecule is CCOC(=O)[C@H](O)[C@H](CCCOCc1ccc(OC)cc1)NS(=O)(=O)c1ccc(C)cc1. The molecule has 0 aliphatic carbocycles. The molecule has 2 atom stereocenters. The van der Waals surface area contributed by atoms with Crippen molar-refractivity contribution in [2.75, 3.05) is 20.3 Å². The summed E-state index contributed by atoms with van der Waals surface area (Å²) in [6.07, 6.45) is -1.02. The van der Waals surface area contributed by atoms with Gasteiger partial charge in [0.05, 0.1) is 31.3 Å². The second-order valence-electron chi connectivity index (χ2n) is 7.28. The largest absolute Gasteiger partial charge is 0.497 e. The van der Waals surface area contributed by atoms with Crippen molar-refractivity contribution in [1.82, 2.24) is 4.72 Å². The molecule has 9 heteroatoms. The molecule has 0 saturated carbocycles. The molecule has 32 heavy (non-hydrogen) atoms. The number of carbonyl (C=O) groups is 1. The van der Waals surface area contributed by atoms with Crippen molar-refractivity contribution in [3.63, 3.8) is 0 Å². The van der Waals surface area contributed by atoms with Gasteiger partial charge in [-0.3, -0.25) is 0 Å². The fraction of sp³-hybridized carbons (Fsp3) is 0.435. The summed E-state index contributed by atoms with van der Waals surface area (Å²) < 4.78 is 43.6. The van der Waals surface area contributed by atoms with Crippen molar-refractivity contribution < 1.29 is 32.5 Å². The van der Waals surface area contributed by atoms with E-state index in [4.69, 9.17) is 14.2 Å². The van der Waals surface area contributed by atoms with Gasteiger partial charge in [-0.15, -0.1) is 0 Å². The molecule has 0 amide bonds. The molecule has 0 unspecified atom stereocenters. The number of ether oxygens (including phenoxy) is 3. The second-order valence-corrected chi connectivity index (χ2v) is 8.99. The number of aliphatic hydroxyl groups is 1. The van der Waals surface area contributed by atoms with E-state index in [1.807, 2.05) is 31.2 Å². The van der Waals surface area contributed by atoms with Crippen LogP contribution in [0.15, 0.2) is 53.4 Å². The number of sulfonamides is 1. The van der Waals surface area contributed by atoms with E-state index in [0.717, 1.165) is 16.9 Å². The van der Waals surface area contributed by atoms with Gasteiger partial charge in [-0.05, 0) is 56.5 Å². The standard InChI is InChI=1S/C23H31NO7S/c1-4-31-23(26)22(25)21(24-32(27,28)20-13-7-17(2)8-14-20)6-5-15-30-16-18-9-11-19(29-3)12-10-18/h7-14,21-22,24-25H,4-6,15-16H2,1-3H3/t21-,22+/m0/s1. The van der Waals surface area contributed by atoms with Gasteiger partial charge in [-0.2, -0.15) is 0 Å². The van der Waals surface area contributed by atoms with Gasteiger partial charge in [0.25, 0.3) is 0 Å². The predicted molar refractivity (Wildman–Crippen MR) is 120 cm³/mol. The summed E-state index contributed by atoms with van der Waals surface area (Å²) in [6, 6.07) is 12.7. The molecule has 0 heterocycles. The highest BCUT2D eigenvalue weighted by Gasteiger charge is 2.31. The number of rotatable bonds is 13. The van der Waals surface area contributed by atoms with Crippen molar-refractivity contribution in [3.8, 4) is 5.75 Å². The van der Waals surface area contributed by atoms with E-state index in [0.29, 0.717) is 19.6 Å². The molecular formula is C23H31NO7S. The lowest BCUT2D eigenvalue weighted by atomic mass is 10.1. The Balaban J connectivity index is 1.96. The van der Waals surface area contributed by atoms with E-state index in [2.05, 4.69) is 4.72 Å². The van der Waals surface area contributed by atoms with E-state index in [1.54, 1.807) is 26.2 Å². The summed E-state index contributed by atoms with van der Waals surface area (Å²) in [5.41, 5.74) is 1.88. The first-order valence-corrected chi connectivity index (χ1v) is 11.9. The van der Waals surface area contributed by atoms with Crippen LogP contribution in [0.25, 0.3) is 0 Å². The van der Waals surface area contributed by atoms with E-state index in [9.17, 15) is 18.3 Å². The summed E-state index contributed by atoms with van der Waals surface area (Å²) in [5.74, 6) is -0.117. The van der Waals surface area contributed by atoms with Crippen LogP contribution in [0.5, 0.6) is 5.75 Å². The molecule has 0 aliphatic rings. The summed E-state index contributed by atoms with van der Waals surface area (Å²) in [6.45, 7) is 4.25. The lowest BCUT2D eigenvalue weighted by molar-refractivity contribution is -0.154. The Morgan fingerprint density at radius 3 is 2.34 bits per heavy atom. The molecule has 2 aromatic rings. The predicted octanol–water partition coefficient (Wildman–Crippen LogP) is 2.57. The van der Waals surface area contributed by atoms with Crippen LogP contribution in [0.1, 0.15) is 30.9 Å². The third kappa shape index (κ3) is 7.90. The Morgan fingerprint density at radius 1 is 1.09 bits per heavy atom. The van der Waals surface area contributed by atoms with Gasteiger partial charge in [0, 0.05) is 6.61 Å². The lowest BCUT2D eigenvalue weighted by Crippen LogP contribution is -2.47. The zero-order chi connectivity index (χ0) is 23.6. The fourth-order valence-electron chi connectivity index (χ4n) is 2.97. The van der Waals surface area contributed by atoms with Gasteiger partial charge >= 0.3 is 5.97 Å². The zero-order valence-corrected chi connectivity index (χ0v) is 19.4. The fourth-order valence-corrected chi connectivity index (χ4v) is 4.25. The normalized spacial score (nSPS) is 13.4. The van der Waals surface area contributed by atoms with E-state index < -0.39 is 28.1 Å². The smallest absolute Gasteiger partial charge is 0.336 e. The molecule has 0 bridgehead atoms. The average molecular weight is 466 g/mol. The van der Waals surface area contributed by atoms with Crippen LogP contribution in [-0.2, 0) is 30.9 Å². The molecule has 0 spiro atoms. The molecule has 0 aromatic heterocycles. The topological polar surface area (TPSA) is 111 Å². The van der Waals surface area contributed by atoms with Gasteiger partial charge in [0.2, 0.25) is 10.0 Å². The molecule has 2 aromatic carbocycles. The molecule has 176 valence electrons. The van der Waals surface area contributed by atoms with Gasteiger partial charge in [0.15, 0.2) is 6.10 Å². The van der Waals surface area contributed by atoms with Crippen molar-refractivity contribution >= 4 is 16.0 Å². The number of carbonyl (C=O) groups excluding carboxylic acids is 1. The maximum Gasteiger partial charge on any atom is 0.336 e. The third-order valence-corrected chi connectivity index (χ3v) is 6.28. The maximum absolute atomic E-state index is 12.7. The average Bonchev–Trinajstić information content (AvgIpc) is 2.78. The first-order valence-electron chi connectivity index (χ1n) is 10.4. The van der Waals surface area contributed by atoms with Crippen LogP contribution < -0.4 is 9.46 Å². The van der Waals surface area contributed by atoms with Gasteiger partial charge in [0.1, 0.15) is 5.75 Å². The summed E-state index contributed by atoms with van der Waals surface area (Å²) in [5, 5.41) is 10.4. The summed E-state index contributed by atoms with van der Waals surface area (Å²) in [7, 11) is -2.34. The van der Waals surface area contributed by atoms with Crippen LogP contribution in [-0.4, -0.2) is 52.0 Å². The molecule has 0 fully saturated rings. The molecule has 2 rings (SSSR count). The number of methoxy groups -OCH3 is 1. The van der Waals surface area contributed by atoms with Crippen molar-refractivity contribution in [2.24, 2.45) is 0 Å². The van der Waals surface area contributed by atoms with Crippen LogP contribution in [0.3, 0.4) is 0 Å². The number of hydrogen-bond acceptors (Lipinski definition) is 7. The number of nitrogens with one attached hydrogen (secondary N) is 1. The van der Waals surface area contributed by atoms with Crippen LogP contribution in [0.4, 0.5) is 0 Å². The van der Waals surface area contributed by atoms with Gasteiger partial charge < -0.3 is 19.3 Å². The first-order chi connectivity index (χ1) is 15.3. The van der Waals surface area contributed by atoms with Crippen molar-refractivity contribution in [2.45, 2.75) is 50.3 Å². The van der Waals surface area contributed by atoms with Crippen molar-refractivity contribution in [3.05, 3.63) is 59.7 Å². The van der Waals surface area contributed by atoms with Crippen LogP contribution in [0.2, 0.25) is 0 Å². The highest BCUT2D eigenvalue weighted by molar-refractivity contribution is 7.89. The van der Waals surface area contributed by atoms with Gasteiger partial charge in [-0.1, -0.05) is 29.8 Å². The number of hydrogen-bond donors (Lipinski definition) is 2. The maximum atomic E-state index is 12.7. The van der Waals surface area contributed by atoms with E-state index in [-0.39, 0.29) is 17.9 Å². The monoisotopic (exact) mass is 465 g/mol. The minimum absolute atomic E-state index is 0.0555. The Labute approximate surface area is 189 Å². The Kier molecular flexibility index (Phi) is 10.1. The molecule has 8 nitrogen and oxygen atoms in total. The molecule has 2 N–H and O–H groups in total. The van der Waals surface area contributed by atoms with Crippen molar-refractivity contribution in [1.29, 1.82) is 0 Å². The minimum atomic E-state index is -3.93. The third-order valence-electron chi connectivity index (χ3n) is 4.78. The number of esters is 1. The van der Waals surface area contributed by atoms with E-state index >= 15 is 0 Å². The summed E-state index contributed by atoms with van der Waals surface area (Å²) in [4.78, 5) is 12.1. The molecule has 0 saturated heterocycles. The van der Waals surface area contributed by atoms with Crippen LogP contribution >= 0.6 is 0 Å². The minimum Gasteiger partial charge on any atom is -0.497 e. The summed E-state index contributed by atoms with van der Waals surface area (Å²) >= 11 is 0. The highest BCUT2D eigenvalue weighted by atomic mass is 32.2. The molecule has 0 aliphatic heterocycles. The number of benzene rings is 2. The van der Waals surface area contributed by atoms with Crippen LogP contribution in [0, 0.1) is 6.92 Å². The highest BCUT2D eigenvalue weighted by Crippen LogP contribution is 2.15. The second kappa shape index (κ2) is 12.5.